The predicted octanol–water partition coefficient (Wildman–Crippen LogP) is 3.51. The van der Waals surface area contributed by atoms with Crippen molar-refractivity contribution in [2.24, 2.45) is 0 Å². The van der Waals surface area contributed by atoms with Gasteiger partial charge >= 0.3 is 6.03 Å². The Bertz CT molecular complexity index is 1290. The van der Waals surface area contributed by atoms with Gasteiger partial charge in [0.25, 0.3) is 0 Å². The third kappa shape index (κ3) is 7.05. The van der Waals surface area contributed by atoms with Crippen LogP contribution in [0.2, 0.25) is 0 Å². The fourth-order valence-corrected chi connectivity index (χ4v) is 4.79. The van der Waals surface area contributed by atoms with Gasteiger partial charge in [-0.3, -0.25) is 4.57 Å². The molecule has 4 N–H and O–H groups in total. The topological polar surface area (TPSA) is 142 Å². The van der Waals surface area contributed by atoms with Crippen molar-refractivity contribution in [3.63, 3.8) is 0 Å². The normalized spacial score (nSPS) is 19.7. The van der Waals surface area contributed by atoms with Crippen LogP contribution in [0.15, 0.2) is 36.9 Å². The van der Waals surface area contributed by atoms with Gasteiger partial charge in [0, 0.05) is 25.9 Å². The summed E-state index contributed by atoms with van der Waals surface area (Å²) in [6.45, 7) is 12.1. The van der Waals surface area contributed by atoms with Gasteiger partial charge in [-0.15, -0.1) is 0 Å². The molecule has 2 amide bonds. The van der Waals surface area contributed by atoms with Crippen LogP contribution in [0.4, 0.5) is 16.3 Å². The summed E-state index contributed by atoms with van der Waals surface area (Å²) in [7, 11) is 3.68. The van der Waals surface area contributed by atoms with E-state index in [0.717, 1.165) is 18.7 Å². The van der Waals surface area contributed by atoms with E-state index < -0.39 is 18.1 Å². The molecule has 0 radical (unpaired) electrons. The number of aromatic nitrogens is 4. The first-order valence-electron chi connectivity index (χ1n) is 13.5. The Balaban J connectivity index is 1.29. The summed E-state index contributed by atoms with van der Waals surface area (Å²) in [5.41, 5.74) is 9.12. The molecular formula is C28H42N8O4. The average Bonchev–Trinajstić information content (AvgIpc) is 3.46. The Morgan fingerprint density at radius 1 is 1.20 bits per heavy atom. The van der Waals surface area contributed by atoms with E-state index in [2.05, 4.69) is 51.3 Å². The second-order valence-corrected chi connectivity index (χ2v) is 11.7. The molecule has 3 heterocycles. The van der Waals surface area contributed by atoms with Crippen molar-refractivity contribution >= 4 is 28.7 Å². The lowest BCUT2D eigenvalue weighted by atomic mass is 9.87. The van der Waals surface area contributed by atoms with Crippen LogP contribution in [0.25, 0.3) is 11.2 Å². The number of likely N-dealkylation sites (N-methyl/N-ethyl adjacent to an activating group) is 1. The van der Waals surface area contributed by atoms with Crippen molar-refractivity contribution in [1.29, 1.82) is 0 Å². The van der Waals surface area contributed by atoms with Crippen LogP contribution >= 0.6 is 0 Å². The van der Waals surface area contributed by atoms with Crippen LogP contribution in [0.3, 0.4) is 0 Å². The summed E-state index contributed by atoms with van der Waals surface area (Å²) in [5.74, 6) is -0.522. The number of carbonyl (C=O) groups excluding carboxylic acids is 1. The number of nitrogens with zero attached hydrogens (tertiary/aromatic N) is 5. The Kier molecular flexibility index (Phi) is 8.93. The quantitative estimate of drug-likeness (QED) is 0.321. The van der Waals surface area contributed by atoms with E-state index in [1.54, 1.807) is 13.4 Å². The van der Waals surface area contributed by atoms with Gasteiger partial charge in [0.1, 0.15) is 24.1 Å². The molecule has 0 bridgehead atoms. The maximum atomic E-state index is 12.4. The minimum Gasteiger partial charge on any atom is -0.382 e. The largest absolute Gasteiger partial charge is 0.382 e. The Labute approximate surface area is 235 Å². The lowest BCUT2D eigenvalue weighted by Crippen LogP contribution is -2.43. The van der Waals surface area contributed by atoms with E-state index >= 15 is 0 Å². The van der Waals surface area contributed by atoms with Gasteiger partial charge in [-0.1, -0.05) is 32.9 Å². The van der Waals surface area contributed by atoms with Gasteiger partial charge in [0.2, 0.25) is 0 Å². The molecule has 12 nitrogen and oxygen atoms in total. The summed E-state index contributed by atoms with van der Waals surface area (Å²) in [6.07, 6.45) is 2.57. The van der Waals surface area contributed by atoms with Crippen LogP contribution in [-0.2, 0) is 19.6 Å². The number of methoxy groups -OCH3 is 1. The molecule has 1 aromatic carbocycles. The van der Waals surface area contributed by atoms with Crippen LogP contribution in [0.5, 0.6) is 0 Å². The fourth-order valence-electron chi connectivity index (χ4n) is 4.79. The number of anilines is 2. The van der Waals surface area contributed by atoms with Crippen molar-refractivity contribution in [3.05, 3.63) is 42.5 Å². The number of imidazole rings is 1. The second-order valence-electron chi connectivity index (χ2n) is 11.7. The summed E-state index contributed by atoms with van der Waals surface area (Å²) in [4.78, 5) is 27.3. The summed E-state index contributed by atoms with van der Waals surface area (Å²) in [5, 5.41) is 5.82. The Morgan fingerprint density at radius 3 is 2.60 bits per heavy atom. The second kappa shape index (κ2) is 12.0. The molecule has 1 unspecified atom stereocenters. The lowest BCUT2D eigenvalue weighted by molar-refractivity contribution is -0.161. The summed E-state index contributed by atoms with van der Waals surface area (Å²) < 4.78 is 20.3. The van der Waals surface area contributed by atoms with E-state index in [1.807, 2.05) is 49.7 Å². The number of hydrogen-bond acceptors (Lipinski definition) is 9. The third-order valence-electron chi connectivity index (χ3n) is 6.94. The summed E-state index contributed by atoms with van der Waals surface area (Å²) in [6, 6.07) is 7.72. The number of rotatable bonds is 10. The molecule has 0 saturated carbocycles. The zero-order chi connectivity index (χ0) is 29.1. The highest BCUT2D eigenvalue weighted by molar-refractivity contribution is 5.89. The highest BCUT2D eigenvalue weighted by Gasteiger charge is 2.47. The van der Waals surface area contributed by atoms with Gasteiger partial charge in [-0.05, 0) is 57.0 Å². The predicted molar refractivity (Wildman–Crippen MR) is 154 cm³/mol. The number of hydrogen-bond donors (Lipinski definition) is 3. The standard InChI is InChI=1S/C28H42N8O4/c1-27(2,3)18-9-11-19(12-10-18)34-26(37)30-13-8-14-35(6)15-20(38-7)22-25(40-28(4,5)39-22)36-17-33-21-23(29)31-16-32-24(21)36/h9-12,16-17,20,22,25H,8,13-15H2,1-7H3,(H2,29,31,32)(H2,30,34,37)/t20?,22-,25-/m1/s1. The van der Waals surface area contributed by atoms with Crippen LogP contribution < -0.4 is 16.4 Å². The van der Waals surface area contributed by atoms with E-state index in [1.165, 1.54) is 11.9 Å². The molecule has 0 aliphatic carbocycles. The highest BCUT2D eigenvalue weighted by Crippen LogP contribution is 2.38. The minimum absolute atomic E-state index is 0.0695. The number of urea groups is 1. The van der Waals surface area contributed by atoms with Gasteiger partial charge in [0.05, 0.1) is 6.33 Å². The molecule has 4 rings (SSSR count). The molecule has 218 valence electrons. The molecule has 2 aromatic heterocycles. The number of carbonyl (C=O) groups is 1. The molecule has 0 spiro atoms. The average molecular weight is 555 g/mol. The zero-order valence-corrected chi connectivity index (χ0v) is 24.5. The van der Waals surface area contributed by atoms with Crippen LogP contribution in [0.1, 0.15) is 52.8 Å². The molecule has 1 saturated heterocycles. The first-order valence-corrected chi connectivity index (χ1v) is 13.5. The first kappa shape index (κ1) is 29.7. The number of benzene rings is 1. The van der Waals surface area contributed by atoms with E-state index in [4.69, 9.17) is 19.9 Å². The molecule has 40 heavy (non-hydrogen) atoms. The molecule has 3 atom stereocenters. The number of nitrogens with one attached hydrogen (secondary N) is 2. The van der Waals surface area contributed by atoms with Crippen LogP contribution in [0, 0.1) is 0 Å². The Morgan fingerprint density at radius 2 is 1.93 bits per heavy atom. The Hall–Kier alpha value is -3.32. The molecule has 3 aromatic rings. The van der Waals surface area contributed by atoms with E-state index in [9.17, 15) is 4.79 Å². The zero-order valence-electron chi connectivity index (χ0n) is 24.5. The third-order valence-corrected chi connectivity index (χ3v) is 6.94. The number of amides is 2. The van der Waals surface area contributed by atoms with Crippen molar-refractivity contribution in [1.82, 2.24) is 29.7 Å². The van der Waals surface area contributed by atoms with Crippen molar-refractivity contribution in [2.75, 3.05) is 44.8 Å². The number of fused-ring (bicyclic) bond motifs is 1. The van der Waals surface area contributed by atoms with Gasteiger partial charge in [0.15, 0.2) is 23.5 Å². The minimum atomic E-state index is -0.829. The van der Waals surface area contributed by atoms with E-state index in [-0.39, 0.29) is 17.6 Å². The number of nitrogens with two attached hydrogens (primary N) is 1. The van der Waals surface area contributed by atoms with E-state index in [0.29, 0.717) is 30.1 Å². The number of nitrogen functional groups attached to an aromatic ring is 1. The first-order chi connectivity index (χ1) is 18.9. The van der Waals surface area contributed by atoms with Gasteiger partial charge < -0.3 is 35.5 Å². The lowest BCUT2D eigenvalue weighted by Gasteiger charge is -2.29. The molecular weight excluding hydrogens is 512 g/mol. The maximum Gasteiger partial charge on any atom is 0.319 e. The maximum absolute atomic E-state index is 12.4. The summed E-state index contributed by atoms with van der Waals surface area (Å²) >= 11 is 0. The smallest absolute Gasteiger partial charge is 0.319 e. The monoisotopic (exact) mass is 554 g/mol. The molecule has 12 heteroatoms. The molecule has 1 aliphatic heterocycles. The highest BCUT2D eigenvalue weighted by atomic mass is 16.8. The van der Waals surface area contributed by atoms with Crippen molar-refractivity contribution < 1.29 is 19.0 Å². The molecule has 1 aliphatic rings. The fraction of sp³-hybridized carbons (Fsp3) is 0.571. The SMILES string of the molecule is COC(CN(C)CCCNC(=O)Nc1ccc(C(C)(C)C)cc1)[C@H]1OC(C)(C)O[C@H]1n1cnc2c(N)ncnc21. The number of ether oxygens (including phenoxy) is 3. The van der Waals surface area contributed by atoms with Gasteiger partial charge in [-0.2, -0.15) is 0 Å². The van der Waals surface area contributed by atoms with Crippen molar-refractivity contribution in [3.8, 4) is 0 Å². The van der Waals surface area contributed by atoms with Crippen LogP contribution in [-0.4, -0.2) is 82.2 Å². The molecule has 1 fully saturated rings. The van der Waals surface area contributed by atoms with Gasteiger partial charge in [-0.25, -0.2) is 19.7 Å². The van der Waals surface area contributed by atoms with Crippen molar-refractivity contribution in [2.45, 2.75) is 70.7 Å².